The summed E-state index contributed by atoms with van der Waals surface area (Å²) in [6.07, 6.45) is 0.133. The molecule has 1 aromatic heterocycles. The molecule has 0 aliphatic rings. The van der Waals surface area contributed by atoms with Crippen LogP contribution in [0.4, 0.5) is 5.69 Å². The van der Waals surface area contributed by atoms with E-state index in [1.165, 1.54) is 24.0 Å². The maximum Gasteiger partial charge on any atom is 0.325 e. The van der Waals surface area contributed by atoms with Gasteiger partial charge in [0.25, 0.3) is 5.91 Å². The van der Waals surface area contributed by atoms with Crippen molar-refractivity contribution in [3.8, 4) is 11.1 Å². The van der Waals surface area contributed by atoms with Gasteiger partial charge in [0, 0.05) is 11.3 Å². The number of thiophene rings is 1. The second-order valence-corrected chi connectivity index (χ2v) is 7.63. The van der Waals surface area contributed by atoms with Gasteiger partial charge in [-0.25, -0.2) is 0 Å². The number of anilines is 1. The average Bonchev–Trinajstić information content (AvgIpc) is 3.24. The Bertz CT molecular complexity index is 1040. The first-order chi connectivity index (χ1) is 14.5. The van der Waals surface area contributed by atoms with Gasteiger partial charge < -0.3 is 15.4 Å². The molecule has 0 unspecified atom stereocenters. The summed E-state index contributed by atoms with van der Waals surface area (Å²) in [5.41, 5.74) is 4.48. The summed E-state index contributed by atoms with van der Waals surface area (Å²) in [4.78, 5) is 36.3. The highest BCUT2D eigenvalue weighted by Crippen LogP contribution is 2.29. The molecule has 0 fully saturated rings. The van der Waals surface area contributed by atoms with Gasteiger partial charge in [0.1, 0.15) is 6.54 Å². The average molecular weight is 423 g/mol. The second-order valence-electron chi connectivity index (χ2n) is 6.71. The van der Waals surface area contributed by atoms with Gasteiger partial charge in [-0.05, 0) is 41.6 Å². The van der Waals surface area contributed by atoms with Crippen LogP contribution >= 0.6 is 11.3 Å². The van der Waals surface area contributed by atoms with Gasteiger partial charge in [-0.3, -0.25) is 14.4 Å². The minimum atomic E-state index is -0.500. The van der Waals surface area contributed by atoms with E-state index >= 15 is 0 Å². The highest BCUT2D eigenvalue weighted by Gasteiger charge is 2.15. The Kier molecular flexibility index (Phi) is 6.98. The third-order valence-corrected chi connectivity index (χ3v) is 5.38. The van der Waals surface area contributed by atoms with Crippen molar-refractivity contribution in [3.63, 3.8) is 0 Å². The molecular formula is C23H22N2O4S. The normalized spacial score (nSPS) is 10.3. The van der Waals surface area contributed by atoms with Crippen LogP contribution in [-0.4, -0.2) is 31.4 Å². The van der Waals surface area contributed by atoms with Crippen LogP contribution in [0.2, 0.25) is 0 Å². The molecule has 2 amide bonds. The number of carbonyl (C=O) groups is 3. The quantitative estimate of drug-likeness (QED) is 0.567. The van der Waals surface area contributed by atoms with Crippen LogP contribution in [-0.2, 0) is 20.7 Å². The highest BCUT2D eigenvalue weighted by molar-refractivity contribution is 7.12. The number of hydrogen-bond donors (Lipinski definition) is 2. The number of methoxy groups -OCH3 is 1. The molecule has 3 aromatic rings. The molecule has 3 rings (SSSR count). The fourth-order valence-electron chi connectivity index (χ4n) is 2.83. The maximum atomic E-state index is 12.8. The lowest BCUT2D eigenvalue weighted by Crippen LogP contribution is -2.31. The van der Waals surface area contributed by atoms with Gasteiger partial charge >= 0.3 is 5.97 Å². The van der Waals surface area contributed by atoms with E-state index in [0.29, 0.717) is 10.6 Å². The van der Waals surface area contributed by atoms with E-state index in [1.54, 1.807) is 24.3 Å². The minimum Gasteiger partial charge on any atom is -0.468 e. The van der Waals surface area contributed by atoms with Crippen molar-refractivity contribution in [2.24, 2.45) is 0 Å². The molecule has 0 aliphatic carbocycles. The van der Waals surface area contributed by atoms with Gasteiger partial charge in [-0.15, -0.1) is 11.3 Å². The second kappa shape index (κ2) is 9.84. The standard InChI is InChI=1S/C23H22N2O4S/c1-15-3-7-17(8-4-15)19-11-12-30-22(19)23(28)25-18-9-5-16(6-10-18)13-20(26)24-14-21(27)29-2/h3-12H,13-14H2,1-2H3,(H,24,26)(H,25,28). The summed E-state index contributed by atoms with van der Waals surface area (Å²) in [5, 5.41) is 7.30. The first kappa shape index (κ1) is 21.3. The van der Waals surface area contributed by atoms with Gasteiger partial charge in [0.2, 0.25) is 5.91 Å². The van der Waals surface area contributed by atoms with E-state index in [2.05, 4.69) is 15.4 Å². The number of nitrogens with one attached hydrogen (secondary N) is 2. The predicted molar refractivity (Wildman–Crippen MR) is 118 cm³/mol. The number of benzene rings is 2. The Labute approximate surface area is 178 Å². The van der Waals surface area contributed by atoms with Crippen molar-refractivity contribution in [2.45, 2.75) is 13.3 Å². The van der Waals surface area contributed by atoms with Crippen LogP contribution in [0.25, 0.3) is 11.1 Å². The molecule has 0 bridgehead atoms. The highest BCUT2D eigenvalue weighted by atomic mass is 32.1. The summed E-state index contributed by atoms with van der Waals surface area (Å²) in [5.74, 6) is -0.956. The Morgan fingerprint density at radius 2 is 1.67 bits per heavy atom. The Balaban J connectivity index is 1.62. The zero-order valence-electron chi connectivity index (χ0n) is 16.7. The van der Waals surface area contributed by atoms with Crippen LogP contribution in [0.15, 0.2) is 60.0 Å². The minimum absolute atomic E-state index is 0.133. The van der Waals surface area contributed by atoms with E-state index in [4.69, 9.17) is 0 Å². The molecule has 7 heteroatoms. The lowest BCUT2D eigenvalue weighted by molar-refractivity contribution is -0.141. The molecule has 154 valence electrons. The Hall–Kier alpha value is -3.45. The van der Waals surface area contributed by atoms with E-state index in [1.807, 2.05) is 42.6 Å². The largest absolute Gasteiger partial charge is 0.468 e. The number of aryl methyl sites for hydroxylation is 1. The first-order valence-corrected chi connectivity index (χ1v) is 10.2. The molecule has 2 N–H and O–H groups in total. The fourth-order valence-corrected chi connectivity index (χ4v) is 3.64. The molecule has 6 nitrogen and oxygen atoms in total. The van der Waals surface area contributed by atoms with Crippen molar-refractivity contribution >= 4 is 34.8 Å². The van der Waals surface area contributed by atoms with Crippen molar-refractivity contribution in [1.82, 2.24) is 5.32 Å². The molecule has 30 heavy (non-hydrogen) atoms. The fraction of sp³-hybridized carbons (Fsp3) is 0.174. The molecule has 0 aliphatic heterocycles. The van der Waals surface area contributed by atoms with Crippen molar-refractivity contribution in [1.29, 1.82) is 0 Å². The predicted octanol–water partition coefficient (Wildman–Crippen LogP) is 3.81. The summed E-state index contributed by atoms with van der Waals surface area (Å²) < 4.78 is 4.48. The van der Waals surface area contributed by atoms with Crippen LogP contribution in [0.3, 0.4) is 0 Å². The summed E-state index contributed by atoms with van der Waals surface area (Å²) in [6, 6.07) is 17.0. The maximum absolute atomic E-state index is 12.8. The first-order valence-electron chi connectivity index (χ1n) is 9.34. The van der Waals surface area contributed by atoms with E-state index in [0.717, 1.165) is 16.7 Å². The van der Waals surface area contributed by atoms with Crippen molar-refractivity contribution in [3.05, 3.63) is 76.0 Å². The van der Waals surface area contributed by atoms with Crippen LogP contribution in [0.1, 0.15) is 20.8 Å². The molecule has 1 heterocycles. The van der Waals surface area contributed by atoms with Crippen molar-refractivity contribution < 1.29 is 19.1 Å². The number of hydrogen-bond acceptors (Lipinski definition) is 5. The Morgan fingerprint density at radius 1 is 0.967 bits per heavy atom. The zero-order chi connectivity index (χ0) is 21.5. The van der Waals surface area contributed by atoms with Crippen LogP contribution in [0, 0.1) is 6.92 Å². The lowest BCUT2D eigenvalue weighted by atomic mass is 10.0. The van der Waals surface area contributed by atoms with E-state index in [9.17, 15) is 14.4 Å². The van der Waals surface area contributed by atoms with E-state index < -0.39 is 5.97 Å². The van der Waals surface area contributed by atoms with Gasteiger partial charge in [-0.1, -0.05) is 42.0 Å². The topological polar surface area (TPSA) is 84.5 Å². The molecule has 0 saturated carbocycles. The summed E-state index contributed by atoms with van der Waals surface area (Å²) in [7, 11) is 1.27. The molecule has 0 atom stereocenters. The summed E-state index contributed by atoms with van der Waals surface area (Å²) >= 11 is 1.39. The van der Waals surface area contributed by atoms with E-state index in [-0.39, 0.29) is 24.8 Å². The number of carbonyl (C=O) groups excluding carboxylic acids is 3. The smallest absolute Gasteiger partial charge is 0.325 e. The summed E-state index contributed by atoms with van der Waals surface area (Å²) in [6.45, 7) is 1.87. The molecule has 0 radical (unpaired) electrons. The molecule has 0 spiro atoms. The van der Waals surface area contributed by atoms with Crippen LogP contribution < -0.4 is 10.6 Å². The van der Waals surface area contributed by atoms with Crippen LogP contribution in [0.5, 0.6) is 0 Å². The molecule has 0 saturated heterocycles. The number of ether oxygens (including phenoxy) is 1. The zero-order valence-corrected chi connectivity index (χ0v) is 17.5. The number of esters is 1. The lowest BCUT2D eigenvalue weighted by Gasteiger charge is -2.08. The van der Waals surface area contributed by atoms with Gasteiger partial charge in [0.15, 0.2) is 0 Å². The third kappa shape index (κ3) is 5.55. The SMILES string of the molecule is COC(=O)CNC(=O)Cc1ccc(NC(=O)c2sccc2-c2ccc(C)cc2)cc1. The number of rotatable bonds is 7. The molecular weight excluding hydrogens is 400 g/mol. The Morgan fingerprint density at radius 3 is 2.33 bits per heavy atom. The number of amides is 2. The van der Waals surface area contributed by atoms with Gasteiger partial charge in [0.05, 0.1) is 18.4 Å². The third-order valence-electron chi connectivity index (χ3n) is 4.47. The molecule has 2 aromatic carbocycles. The van der Waals surface area contributed by atoms with Crippen molar-refractivity contribution in [2.75, 3.05) is 19.0 Å². The monoisotopic (exact) mass is 422 g/mol. The van der Waals surface area contributed by atoms with Gasteiger partial charge in [-0.2, -0.15) is 0 Å².